The SMILES string of the molecule is Cc1c(Cl)cccc1C(=O)N(C/C(N)=N/O)C1CCCC1. The molecule has 1 saturated carbocycles. The van der Waals surface area contributed by atoms with E-state index in [1.807, 2.05) is 6.92 Å². The number of benzene rings is 1. The van der Waals surface area contributed by atoms with Crippen molar-refractivity contribution < 1.29 is 10.0 Å². The Bertz CT molecular complexity index is 554. The van der Waals surface area contributed by atoms with Crippen molar-refractivity contribution in [3.05, 3.63) is 34.3 Å². The second kappa shape index (κ2) is 6.80. The van der Waals surface area contributed by atoms with Crippen LogP contribution >= 0.6 is 11.6 Å². The van der Waals surface area contributed by atoms with Crippen molar-refractivity contribution in [1.82, 2.24) is 4.90 Å². The molecule has 5 nitrogen and oxygen atoms in total. The molecule has 0 heterocycles. The molecule has 0 atom stereocenters. The number of amides is 1. The Balaban J connectivity index is 2.30. The topological polar surface area (TPSA) is 78.9 Å². The first-order valence-corrected chi connectivity index (χ1v) is 7.45. The van der Waals surface area contributed by atoms with E-state index in [0.29, 0.717) is 10.6 Å². The van der Waals surface area contributed by atoms with Crippen LogP contribution in [0.2, 0.25) is 5.02 Å². The minimum atomic E-state index is -0.117. The molecule has 0 saturated heterocycles. The molecule has 3 N–H and O–H groups in total. The van der Waals surface area contributed by atoms with E-state index in [-0.39, 0.29) is 24.3 Å². The fourth-order valence-electron chi connectivity index (χ4n) is 2.78. The van der Waals surface area contributed by atoms with Crippen molar-refractivity contribution in [2.24, 2.45) is 10.9 Å². The van der Waals surface area contributed by atoms with Crippen molar-refractivity contribution >= 4 is 23.3 Å². The van der Waals surface area contributed by atoms with Gasteiger partial charge in [-0.2, -0.15) is 0 Å². The van der Waals surface area contributed by atoms with Crippen molar-refractivity contribution in [1.29, 1.82) is 0 Å². The number of nitrogens with zero attached hydrogens (tertiary/aromatic N) is 2. The van der Waals surface area contributed by atoms with E-state index in [9.17, 15) is 4.79 Å². The molecule has 1 fully saturated rings. The molecule has 1 aromatic rings. The minimum absolute atomic E-state index is 0.0370. The first-order valence-electron chi connectivity index (χ1n) is 7.07. The molecule has 0 bridgehead atoms. The van der Waals surface area contributed by atoms with Crippen LogP contribution in [0, 0.1) is 6.92 Å². The van der Waals surface area contributed by atoms with E-state index in [4.69, 9.17) is 22.5 Å². The number of carbonyl (C=O) groups excluding carboxylic acids is 1. The summed E-state index contributed by atoms with van der Waals surface area (Å²) in [6, 6.07) is 5.42. The summed E-state index contributed by atoms with van der Waals surface area (Å²) >= 11 is 6.10. The van der Waals surface area contributed by atoms with Gasteiger partial charge < -0.3 is 15.8 Å². The normalized spacial score (nSPS) is 16.2. The first kappa shape index (κ1) is 15.6. The maximum Gasteiger partial charge on any atom is 0.254 e. The van der Waals surface area contributed by atoms with Crippen LogP contribution in [0.4, 0.5) is 0 Å². The molecule has 1 aliphatic rings. The number of amidine groups is 1. The van der Waals surface area contributed by atoms with Gasteiger partial charge in [-0.25, -0.2) is 0 Å². The Morgan fingerprint density at radius 3 is 2.76 bits per heavy atom. The van der Waals surface area contributed by atoms with Crippen molar-refractivity contribution in [2.45, 2.75) is 38.6 Å². The Hall–Kier alpha value is -1.75. The highest BCUT2D eigenvalue weighted by molar-refractivity contribution is 6.31. The van der Waals surface area contributed by atoms with E-state index in [2.05, 4.69) is 5.16 Å². The summed E-state index contributed by atoms with van der Waals surface area (Å²) in [5.41, 5.74) is 6.93. The number of carbonyl (C=O) groups is 1. The molecule has 0 aromatic heterocycles. The van der Waals surface area contributed by atoms with Gasteiger partial charge in [0.1, 0.15) is 0 Å². The molecule has 0 aliphatic heterocycles. The molecule has 0 unspecified atom stereocenters. The van der Waals surface area contributed by atoms with Crippen LogP contribution in [0.25, 0.3) is 0 Å². The lowest BCUT2D eigenvalue weighted by Gasteiger charge is -2.29. The second-order valence-electron chi connectivity index (χ2n) is 5.38. The molecule has 114 valence electrons. The zero-order valence-corrected chi connectivity index (χ0v) is 12.8. The van der Waals surface area contributed by atoms with Gasteiger partial charge in [-0.05, 0) is 37.5 Å². The van der Waals surface area contributed by atoms with Gasteiger partial charge in [0, 0.05) is 16.6 Å². The quantitative estimate of drug-likeness (QED) is 0.388. The van der Waals surface area contributed by atoms with Gasteiger partial charge >= 0.3 is 0 Å². The molecule has 0 radical (unpaired) electrons. The lowest BCUT2D eigenvalue weighted by molar-refractivity contribution is 0.0711. The van der Waals surface area contributed by atoms with Gasteiger partial charge in [0.2, 0.25) is 0 Å². The van der Waals surface area contributed by atoms with Crippen molar-refractivity contribution in [3.63, 3.8) is 0 Å². The predicted molar refractivity (Wildman–Crippen MR) is 82.9 cm³/mol. The third kappa shape index (κ3) is 3.47. The summed E-state index contributed by atoms with van der Waals surface area (Å²) in [5, 5.41) is 12.3. The Morgan fingerprint density at radius 1 is 1.48 bits per heavy atom. The molecule has 0 spiro atoms. The Kier molecular flexibility index (Phi) is 5.07. The summed E-state index contributed by atoms with van der Waals surface area (Å²) in [6.45, 7) is 1.96. The van der Waals surface area contributed by atoms with Crippen LogP contribution in [0.1, 0.15) is 41.6 Å². The van der Waals surface area contributed by atoms with Gasteiger partial charge in [-0.15, -0.1) is 0 Å². The molecule has 6 heteroatoms. The Morgan fingerprint density at radius 2 is 2.14 bits per heavy atom. The van der Waals surface area contributed by atoms with Gasteiger partial charge in [-0.3, -0.25) is 4.79 Å². The molecule has 1 amide bonds. The number of rotatable bonds is 4. The lowest BCUT2D eigenvalue weighted by atomic mass is 10.1. The number of hydrogen-bond acceptors (Lipinski definition) is 3. The van der Waals surface area contributed by atoms with E-state index in [1.165, 1.54) is 0 Å². The number of oxime groups is 1. The summed E-state index contributed by atoms with van der Waals surface area (Å²) in [4.78, 5) is 14.5. The maximum absolute atomic E-state index is 12.8. The second-order valence-corrected chi connectivity index (χ2v) is 5.78. The minimum Gasteiger partial charge on any atom is -0.409 e. The summed E-state index contributed by atoms with van der Waals surface area (Å²) in [7, 11) is 0. The number of nitrogens with two attached hydrogens (primary N) is 1. The number of hydrogen-bond donors (Lipinski definition) is 2. The predicted octanol–water partition coefficient (Wildman–Crippen LogP) is 2.78. The van der Waals surface area contributed by atoms with Gasteiger partial charge in [0.05, 0.1) is 6.54 Å². The Labute approximate surface area is 129 Å². The average Bonchev–Trinajstić information content (AvgIpc) is 3.00. The third-order valence-corrected chi connectivity index (χ3v) is 4.39. The largest absolute Gasteiger partial charge is 0.409 e. The summed E-state index contributed by atoms with van der Waals surface area (Å²) in [6.07, 6.45) is 4.09. The summed E-state index contributed by atoms with van der Waals surface area (Å²) in [5.74, 6) is -0.0802. The zero-order valence-electron chi connectivity index (χ0n) is 12.1. The highest BCUT2D eigenvalue weighted by Gasteiger charge is 2.29. The highest BCUT2D eigenvalue weighted by Crippen LogP contribution is 2.27. The van der Waals surface area contributed by atoms with E-state index < -0.39 is 0 Å². The average molecular weight is 310 g/mol. The van der Waals surface area contributed by atoms with Gasteiger partial charge in [0.25, 0.3) is 5.91 Å². The van der Waals surface area contributed by atoms with Crippen LogP contribution in [-0.4, -0.2) is 34.4 Å². The van der Waals surface area contributed by atoms with E-state index >= 15 is 0 Å². The maximum atomic E-state index is 12.8. The van der Waals surface area contributed by atoms with E-state index in [1.54, 1.807) is 23.1 Å². The van der Waals surface area contributed by atoms with Crippen LogP contribution in [-0.2, 0) is 0 Å². The van der Waals surface area contributed by atoms with Crippen LogP contribution in [0.3, 0.4) is 0 Å². The third-order valence-electron chi connectivity index (χ3n) is 3.99. The monoisotopic (exact) mass is 309 g/mol. The highest BCUT2D eigenvalue weighted by atomic mass is 35.5. The molecule has 2 rings (SSSR count). The van der Waals surface area contributed by atoms with Crippen molar-refractivity contribution in [3.8, 4) is 0 Å². The van der Waals surface area contributed by atoms with Gasteiger partial charge in [-0.1, -0.05) is 35.7 Å². The van der Waals surface area contributed by atoms with E-state index in [0.717, 1.165) is 31.2 Å². The summed E-state index contributed by atoms with van der Waals surface area (Å²) < 4.78 is 0. The first-order chi connectivity index (χ1) is 10.0. The van der Waals surface area contributed by atoms with Crippen LogP contribution in [0.5, 0.6) is 0 Å². The van der Waals surface area contributed by atoms with Crippen molar-refractivity contribution in [2.75, 3.05) is 6.54 Å². The fraction of sp³-hybridized carbons (Fsp3) is 0.467. The standard InChI is InChI=1S/C15H20ClN3O2/c1-10-12(7-4-8-13(10)16)15(20)19(9-14(17)18-21)11-5-2-3-6-11/h4,7-8,11,21H,2-3,5-6,9H2,1H3,(H2,17,18). The fourth-order valence-corrected chi connectivity index (χ4v) is 2.96. The zero-order chi connectivity index (χ0) is 15.4. The molecule has 21 heavy (non-hydrogen) atoms. The molecular weight excluding hydrogens is 290 g/mol. The lowest BCUT2D eigenvalue weighted by Crippen LogP contribution is -2.44. The smallest absolute Gasteiger partial charge is 0.254 e. The molecular formula is C15H20ClN3O2. The van der Waals surface area contributed by atoms with Crippen LogP contribution < -0.4 is 5.73 Å². The number of halogens is 1. The van der Waals surface area contributed by atoms with Gasteiger partial charge in [0.15, 0.2) is 5.84 Å². The van der Waals surface area contributed by atoms with Crippen LogP contribution in [0.15, 0.2) is 23.4 Å². The molecule has 1 aliphatic carbocycles. The molecule has 1 aromatic carbocycles.